The lowest BCUT2D eigenvalue weighted by Crippen LogP contribution is -2.52. The Morgan fingerprint density at radius 2 is 2.18 bits per heavy atom. The van der Waals surface area contributed by atoms with Crippen molar-refractivity contribution in [2.24, 2.45) is 0 Å². The van der Waals surface area contributed by atoms with Gasteiger partial charge in [-0.1, -0.05) is 12.8 Å². The molecule has 2 fully saturated rings. The molecule has 1 saturated carbocycles. The van der Waals surface area contributed by atoms with E-state index in [1.807, 2.05) is 12.4 Å². The Morgan fingerprint density at radius 1 is 1.29 bits per heavy atom. The van der Waals surface area contributed by atoms with E-state index in [9.17, 15) is 0 Å². The lowest BCUT2D eigenvalue weighted by atomic mass is 9.90. The molecule has 1 aromatic rings. The third-order valence-corrected chi connectivity index (χ3v) is 4.19. The van der Waals surface area contributed by atoms with Crippen LogP contribution in [0.1, 0.15) is 25.7 Å². The number of morpholine rings is 1. The van der Waals surface area contributed by atoms with E-state index in [-0.39, 0.29) is 0 Å². The Balaban J connectivity index is 1.85. The van der Waals surface area contributed by atoms with Gasteiger partial charge in [-0.05, 0) is 34.8 Å². The van der Waals surface area contributed by atoms with E-state index in [1.54, 1.807) is 0 Å². The quantitative estimate of drug-likeness (QED) is 0.797. The Bertz CT molecular complexity index is 397. The molecule has 0 aromatic carbocycles. The predicted molar refractivity (Wildman–Crippen MR) is 71.3 cm³/mol. The van der Waals surface area contributed by atoms with Crippen LogP contribution in [0.3, 0.4) is 0 Å². The molecule has 2 unspecified atom stereocenters. The highest BCUT2D eigenvalue weighted by atomic mass is 79.9. The van der Waals surface area contributed by atoms with Crippen LogP contribution in [0.25, 0.3) is 0 Å². The Hall–Kier alpha value is -0.610. The molecule has 92 valence electrons. The van der Waals surface area contributed by atoms with E-state index in [2.05, 4.69) is 31.9 Å². The van der Waals surface area contributed by atoms with Crippen LogP contribution in [-0.2, 0) is 4.74 Å². The van der Waals surface area contributed by atoms with Crippen molar-refractivity contribution < 1.29 is 4.74 Å². The van der Waals surface area contributed by atoms with Crippen molar-refractivity contribution in [3.63, 3.8) is 0 Å². The van der Waals surface area contributed by atoms with Crippen molar-refractivity contribution in [1.82, 2.24) is 4.98 Å². The van der Waals surface area contributed by atoms with Crippen molar-refractivity contribution in [3.05, 3.63) is 22.9 Å². The van der Waals surface area contributed by atoms with Gasteiger partial charge in [0.15, 0.2) is 0 Å². The summed E-state index contributed by atoms with van der Waals surface area (Å²) < 4.78 is 6.94. The first-order valence-corrected chi connectivity index (χ1v) is 7.13. The highest BCUT2D eigenvalue weighted by Gasteiger charge is 2.34. The first-order chi connectivity index (χ1) is 8.34. The zero-order valence-electron chi connectivity index (χ0n) is 9.81. The van der Waals surface area contributed by atoms with E-state index < -0.39 is 0 Å². The van der Waals surface area contributed by atoms with E-state index in [0.29, 0.717) is 12.1 Å². The maximum atomic E-state index is 5.89. The molecule has 2 atom stereocenters. The van der Waals surface area contributed by atoms with Crippen molar-refractivity contribution in [2.45, 2.75) is 37.8 Å². The molecule has 0 bridgehead atoms. The van der Waals surface area contributed by atoms with Gasteiger partial charge in [-0.15, -0.1) is 0 Å². The summed E-state index contributed by atoms with van der Waals surface area (Å²) in [5, 5.41) is 0. The van der Waals surface area contributed by atoms with Gasteiger partial charge in [0.05, 0.1) is 30.6 Å². The standard InChI is InChI=1S/C13H17BrN2O/c14-10-7-11(9-15-8-10)16-5-6-17-13-4-2-1-3-12(13)16/h7-9,12-13H,1-6H2. The maximum absolute atomic E-state index is 5.89. The predicted octanol–water partition coefficient (Wildman–Crippen LogP) is 2.99. The van der Waals surface area contributed by atoms with Gasteiger partial charge in [-0.2, -0.15) is 0 Å². The van der Waals surface area contributed by atoms with Crippen LogP contribution in [0.2, 0.25) is 0 Å². The number of pyridine rings is 1. The van der Waals surface area contributed by atoms with Gasteiger partial charge in [0.25, 0.3) is 0 Å². The summed E-state index contributed by atoms with van der Waals surface area (Å²) in [6.07, 6.45) is 9.31. The number of rotatable bonds is 1. The van der Waals surface area contributed by atoms with Crippen LogP contribution in [0, 0.1) is 0 Å². The maximum Gasteiger partial charge on any atom is 0.0779 e. The number of fused-ring (bicyclic) bond motifs is 1. The van der Waals surface area contributed by atoms with Gasteiger partial charge in [0, 0.05) is 17.2 Å². The first-order valence-electron chi connectivity index (χ1n) is 6.33. The average molecular weight is 297 g/mol. The molecule has 0 N–H and O–H groups in total. The molecule has 2 heterocycles. The fraction of sp³-hybridized carbons (Fsp3) is 0.615. The minimum atomic E-state index is 0.427. The van der Waals surface area contributed by atoms with Crippen LogP contribution in [0.15, 0.2) is 22.9 Å². The second-order valence-electron chi connectivity index (χ2n) is 4.82. The molecule has 1 aromatic heterocycles. The van der Waals surface area contributed by atoms with Gasteiger partial charge in [-0.3, -0.25) is 4.98 Å². The van der Waals surface area contributed by atoms with Crippen molar-refractivity contribution in [1.29, 1.82) is 0 Å². The van der Waals surface area contributed by atoms with E-state index >= 15 is 0 Å². The molecule has 1 aliphatic carbocycles. The van der Waals surface area contributed by atoms with E-state index in [1.165, 1.54) is 31.4 Å². The third-order valence-electron chi connectivity index (χ3n) is 3.75. The molecule has 4 heteroatoms. The van der Waals surface area contributed by atoms with Crippen LogP contribution >= 0.6 is 15.9 Å². The largest absolute Gasteiger partial charge is 0.374 e. The summed E-state index contributed by atoms with van der Waals surface area (Å²) >= 11 is 3.50. The Labute approximate surface area is 110 Å². The van der Waals surface area contributed by atoms with Gasteiger partial charge < -0.3 is 9.64 Å². The molecular formula is C13H17BrN2O. The third kappa shape index (κ3) is 2.33. The van der Waals surface area contributed by atoms with Gasteiger partial charge >= 0.3 is 0 Å². The number of nitrogens with zero attached hydrogens (tertiary/aromatic N) is 2. The van der Waals surface area contributed by atoms with E-state index in [0.717, 1.165) is 17.6 Å². The molecule has 1 saturated heterocycles. The summed E-state index contributed by atoms with van der Waals surface area (Å²) in [6.45, 7) is 1.83. The van der Waals surface area contributed by atoms with Crippen LogP contribution in [0.4, 0.5) is 5.69 Å². The summed E-state index contributed by atoms with van der Waals surface area (Å²) in [7, 11) is 0. The van der Waals surface area contributed by atoms with Crippen LogP contribution in [0.5, 0.6) is 0 Å². The fourth-order valence-corrected chi connectivity index (χ4v) is 3.33. The van der Waals surface area contributed by atoms with Crippen LogP contribution in [-0.4, -0.2) is 30.3 Å². The van der Waals surface area contributed by atoms with Crippen molar-refractivity contribution in [3.8, 4) is 0 Å². The molecule has 0 radical (unpaired) electrons. The van der Waals surface area contributed by atoms with Crippen molar-refractivity contribution >= 4 is 21.6 Å². The summed E-state index contributed by atoms with van der Waals surface area (Å²) in [5.74, 6) is 0. The molecule has 17 heavy (non-hydrogen) atoms. The molecule has 0 amide bonds. The average Bonchev–Trinajstić information content (AvgIpc) is 2.38. The molecule has 2 aliphatic rings. The smallest absolute Gasteiger partial charge is 0.0779 e. The fourth-order valence-electron chi connectivity index (χ4n) is 2.97. The number of hydrogen-bond acceptors (Lipinski definition) is 3. The summed E-state index contributed by atoms with van der Waals surface area (Å²) in [6, 6.07) is 2.71. The van der Waals surface area contributed by atoms with Crippen LogP contribution < -0.4 is 4.90 Å². The Kier molecular flexibility index (Phi) is 3.34. The number of hydrogen-bond donors (Lipinski definition) is 0. The minimum Gasteiger partial charge on any atom is -0.374 e. The molecule has 3 rings (SSSR count). The second-order valence-corrected chi connectivity index (χ2v) is 5.73. The SMILES string of the molecule is Brc1cncc(N2CCOC3CCCCC32)c1. The van der Waals surface area contributed by atoms with Gasteiger partial charge in [0.2, 0.25) is 0 Å². The summed E-state index contributed by atoms with van der Waals surface area (Å²) in [4.78, 5) is 6.74. The first kappa shape index (κ1) is 11.5. The summed E-state index contributed by atoms with van der Waals surface area (Å²) in [5.41, 5.74) is 1.22. The minimum absolute atomic E-state index is 0.427. The second kappa shape index (κ2) is 4.94. The topological polar surface area (TPSA) is 25.4 Å². The van der Waals surface area contributed by atoms with Gasteiger partial charge in [-0.25, -0.2) is 0 Å². The van der Waals surface area contributed by atoms with Crippen molar-refractivity contribution in [2.75, 3.05) is 18.1 Å². The number of aromatic nitrogens is 1. The molecule has 0 spiro atoms. The normalized spacial score (nSPS) is 28.9. The molecular weight excluding hydrogens is 280 g/mol. The zero-order valence-corrected chi connectivity index (χ0v) is 11.4. The lowest BCUT2D eigenvalue weighted by Gasteiger charge is -2.45. The zero-order chi connectivity index (χ0) is 11.7. The molecule has 3 nitrogen and oxygen atoms in total. The highest BCUT2D eigenvalue weighted by Crippen LogP contribution is 2.32. The number of anilines is 1. The van der Waals surface area contributed by atoms with E-state index in [4.69, 9.17) is 4.74 Å². The number of ether oxygens (including phenoxy) is 1. The lowest BCUT2D eigenvalue weighted by molar-refractivity contribution is -0.00870. The number of halogens is 1. The monoisotopic (exact) mass is 296 g/mol. The highest BCUT2D eigenvalue weighted by molar-refractivity contribution is 9.10. The molecule has 1 aliphatic heterocycles. The van der Waals surface area contributed by atoms with Gasteiger partial charge in [0.1, 0.15) is 0 Å². The Morgan fingerprint density at radius 3 is 3.06 bits per heavy atom.